The molecule has 4 rings (SSSR count). The summed E-state index contributed by atoms with van der Waals surface area (Å²) in [7, 11) is 0. The number of anilines is 2. The molecule has 2 aliphatic heterocycles. The lowest BCUT2D eigenvalue weighted by atomic mass is 10.1. The standard InChI is InChI=1S/C23H30N4O2/c1-17-5-3-7-21(18(17)2)26-10-12-27(13-11-26)23(28)19-8-9-22(24-15-19)25-16-20-6-4-14-29-20/h3,5,7-9,15,20H,4,6,10-14,16H2,1-2H3,(H,24,25). The van der Waals surface area contributed by atoms with E-state index < -0.39 is 0 Å². The van der Waals surface area contributed by atoms with Crippen LogP contribution in [0.25, 0.3) is 0 Å². The van der Waals surface area contributed by atoms with Crippen LogP contribution in [0, 0.1) is 13.8 Å². The van der Waals surface area contributed by atoms with Gasteiger partial charge in [0, 0.05) is 51.2 Å². The molecule has 1 aromatic carbocycles. The van der Waals surface area contributed by atoms with Gasteiger partial charge in [-0.3, -0.25) is 4.79 Å². The van der Waals surface area contributed by atoms with Crippen molar-refractivity contribution in [1.29, 1.82) is 0 Å². The summed E-state index contributed by atoms with van der Waals surface area (Å²) in [4.78, 5) is 21.6. The predicted molar refractivity (Wildman–Crippen MR) is 116 cm³/mol. The van der Waals surface area contributed by atoms with Gasteiger partial charge in [-0.2, -0.15) is 0 Å². The molecule has 0 saturated carbocycles. The molecule has 29 heavy (non-hydrogen) atoms. The topological polar surface area (TPSA) is 57.7 Å². The minimum Gasteiger partial charge on any atom is -0.376 e. The van der Waals surface area contributed by atoms with Crippen molar-refractivity contribution >= 4 is 17.4 Å². The highest BCUT2D eigenvalue weighted by atomic mass is 16.5. The van der Waals surface area contributed by atoms with Gasteiger partial charge in [0.15, 0.2) is 0 Å². The van der Waals surface area contributed by atoms with Gasteiger partial charge in [-0.15, -0.1) is 0 Å². The molecule has 6 heteroatoms. The number of benzene rings is 1. The number of hydrogen-bond donors (Lipinski definition) is 1. The molecule has 0 radical (unpaired) electrons. The fourth-order valence-corrected chi connectivity index (χ4v) is 4.06. The average molecular weight is 395 g/mol. The van der Waals surface area contributed by atoms with E-state index in [0.717, 1.165) is 58.0 Å². The van der Waals surface area contributed by atoms with E-state index in [2.05, 4.69) is 47.2 Å². The van der Waals surface area contributed by atoms with Crippen LogP contribution in [-0.2, 0) is 4.74 Å². The monoisotopic (exact) mass is 394 g/mol. The van der Waals surface area contributed by atoms with E-state index in [1.165, 1.54) is 16.8 Å². The van der Waals surface area contributed by atoms with Crippen molar-refractivity contribution < 1.29 is 9.53 Å². The van der Waals surface area contributed by atoms with Crippen LogP contribution in [0.3, 0.4) is 0 Å². The third kappa shape index (κ3) is 4.53. The molecular weight excluding hydrogens is 364 g/mol. The molecule has 2 aliphatic rings. The molecule has 1 amide bonds. The second kappa shape index (κ2) is 8.82. The molecule has 0 spiro atoms. The van der Waals surface area contributed by atoms with Crippen molar-refractivity contribution in [3.8, 4) is 0 Å². The van der Waals surface area contributed by atoms with Crippen LogP contribution in [0.2, 0.25) is 0 Å². The summed E-state index contributed by atoms with van der Waals surface area (Å²) in [5, 5.41) is 3.30. The molecule has 1 N–H and O–H groups in total. The number of piperazine rings is 1. The highest BCUT2D eigenvalue weighted by Gasteiger charge is 2.23. The fourth-order valence-electron chi connectivity index (χ4n) is 4.06. The van der Waals surface area contributed by atoms with Crippen LogP contribution < -0.4 is 10.2 Å². The largest absolute Gasteiger partial charge is 0.376 e. The van der Waals surface area contributed by atoms with E-state index in [1.54, 1.807) is 6.20 Å². The lowest BCUT2D eigenvalue weighted by Crippen LogP contribution is -2.49. The second-order valence-corrected chi connectivity index (χ2v) is 7.95. The summed E-state index contributed by atoms with van der Waals surface area (Å²) >= 11 is 0. The van der Waals surface area contributed by atoms with Crippen molar-refractivity contribution in [3.05, 3.63) is 53.2 Å². The minimum absolute atomic E-state index is 0.0591. The Hall–Kier alpha value is -2.60. The fraction of sp³-hybridized carbons (Fsp3) is 0.478. The van der Waals surface area contributed by atoms with Gasteiger partial charge >= 0.3 is 0 Å². The van der Waals surface area contributed by atoms with E-state index >= 15 is 0 Å². The smallest absolute Gasteiger partial charge is 0.255 e. The Bertz CT molecular complexity index is 838. The third-order valence-electron chi connectivity index (χ3n) is 6.03. The molecule has 1 aromatic heterocycles. The van der Waals surface area contributed by atoms with E-state index in [4.69, 9.17) is 4.74 Å². The number of aryl methyl sites for hydroxylation is 1. The van der Waals surface area contributed by atoms with Crippen LogP contribution in [0.4, 0.5) is 11.5 Å². The van der Waals surface area contributed by atoms with Gasteiger partial charge in [0.05, 0.1) is 11.7 Å². The van der Waals surface area contributed by atoms with Crippen molar-refractivity contribution in [2.75, 3.05) is 49.5 Å². The van der Waals surface area contributed by atoms with Gasteiger partial charge in [-0.05, 0) is 56.0 Å². The van der Waals surface area contributed by atoms with Crippen LogP contribution >= 0.6 is 0 Å². The summed E-state index contributed by atoms with van der Waals surface area (Å²) in [5.74, 6) is 0.848. The summed E-state index contributed by atoms with van der Waals surface area (Å²) < 4.78 is 5.62. The minimum atomic E-state index is 0.0591. The molecule has 1 unspecified atom stereocenters. The maximum Gasteiger partial charge on any atom is 0.255 e. The first-order valence-electron chi connectivity index (χ1n) is 10.5. The van der Waals surface area contributed by atoms with Gasteiger partial charge in [0.1, 0.15) is 5.82 Å². The van der Waals surface area contributed by atoms with Crippen LogP contribution in [0.15, 0.2) is 36.5 Å². The van der Waals surface area contributed by atoms with Gasteiger partial charge in [0.25, 0.3) is 5.91 Å². The third-order valence-corrected chi connectivity index (χ3v) is 6.03. The van der Waals surface area contributed by atoms with Gasteiger partial charge < -0.3 is 19.9 Å². The number of carbonyl (C=O) groups is 1. The molecule has 1 atom stereocenters. The van der Waals surface area contributed by atoms with E-state index in [9.17, 15) is 4.79 Å². The number of nitrogens with zero attached hydrogens (tertiary/aromatic N) is 3. The predicted octanol–water partition coefficient (Wildman–Crippen LogP) is 3.25. The molecule has 6 nitrogen and oxygen atoms in total. The maximum atomic E-state index is 12.9. The molecule has 3 heterocycles. The molecule has 0 aliphatic carbocycles. The second-order valence-electron chi connectivity index (χ2n) is 7.95. The summed E-state index contributed by atoms with van der Waals surface area (Å²) in [5.41, 5.74) is 4.55. The number of amides is 1. The number of ether oxygens (including phenoxy) is 1. The average Bonchev–Trinajstić information content (AvgIpc) is 3.28. The first kappa shape index (κ1) is 19.7. The van der Waals surface area contributed by atoms with Gasteiger partial charge in [-0.1, -0.05) is 12.1 Å². The highest BCUT2D eigenvalue weighted by molar-refractivity contribution is 5.94. The quantitative estimate of drug-likeness (QED) is 0.844. The first-order valence-corrected chi connectivity index (χ1v) is 10.5. The number of nitrogens with one attached hydrogen (secondary N) is 1. The molecule has 2 aromatic rings. The molecule has 2 saturated heterocycles. The summed E-state index contributed by atoms with van der Waals surface area (Å²) in [6.45, 7) is 9.09. The number of hydrogen-bond acceptors (Lipinski definition) is 5. The van der Waals surface area contributed by atoms with Crippen LogP contribution in [-0.4, -0.2) is 61.2 Å². The number of carbonyl (C=O) groups excluding carboxylic acids is 1. The Morgan fingerprint density at radius 1 is 1.17 bits per heavy atom. The van der Waals surface area contributed by atoms with E-state index in [-0.39, 0.29) is 12.0 Å². The molecule has 154 valence electrons. The van der Waals surface area contributed by atoms with Gasteiger partial charge in [-0.25, -0.2) is 4.98 Å². The Balaban J connectivity index is 1.31. The Kier molecular flexibility index (Phi) is 6.00. The molecule has 0 bridgehead atoms. The summed E-state index contributed by atoms with van der Waals surface area (Å²) in [6.07, 6.45) is 4.17. The van der Waals surface area contributed by atoms with Crippen molar-refractivity contribution in [3.63, 3.8) is 0 Å². The lowest BCUT2D eigenvalue weighted by molar-refractivity contribution is 0.0746. The van der Waals surface area contributed by atoms with Crippen molar-refractivity contribution in [2.24, 2.45) is 0 Å². The van der Waals surface area contributed by atoms with Crippen molar-refractivity contribution in [1.82, 2.24) is 9.88 Å². The van der Waals surface area contributed by atoms with E-state index in [1.807, 2.05) is 17.0 Å². The van der Waals surface area contributed by atoms with E-state index in [0.29, 0.717) is 5.56 Å². The normalized spacial score (nSPS) is 19.4. The first-order chi connectivity index (χ1) is 14.1. The maximum absolute atomic E-state index is 12.9. The highest BCUT2D eigenvalue weighted by Crippen LogP contribution is 2.24. The van der Waals surface area contributed by atoms with Gasteiger partial charge in [0.2, 0.25) is 0 Å². The van der Waals surface area contributed by atoms with Crippen molar-refractivity contribution in [2.45, 2.75) is 32.8 Å². The zero-order valence-corrected chi connectivity index (χ0v) is 17.4. The number of pyridine rings is 1. The Labute approximate surface area is 172 Å². The number of rotatable bonds is 5. The SMILES string of the molecule is Cc1cccc(N2CCN(C(=O)c3ccc(NCC4CCCO4)nc3)CC2)c1C. The lowest BCUT2D eigenvalue weighted by Gasteiger charge is -2.37. The molecule has 2 fully saturated rings. The Morgan fingerprint density at radius 3 is 2.69 bits per heavy atom. The van der Waals surface area contributed by atoms with Crippen LogP contribution in [0.1, 0.15) is 34.3 Å². The zero-order valence-electron chi connectivity index (χ0n) is 17.4. The number of aromatic nitrogens is 1. The Morgan fingerprint density at radius 2 is 2.00 bits per heavy atom. The zero-order chi connectivity index (χ0) is 20.2. The van der Waals surface area contributed by atoms with Crippen LogP contribution in [0.5, 0.6) is 0 Å². The molecular formula is C23H30N4O2. The summed E-state index contributed by atoms with van der Waals surface area (Å²) in [6, 6.07) is 10.2.